The fraction of sp³-hybridized carbons (Fsp3) is 0.522. The van der Waals surface area contributed by atoms with E-state index in [0.29, 0.717) is 36.6 Å². The molecule has 1 fully saturated rings. The van der Waals surface area contributed by atoms with Crippen molar-refractivity contribution >= 4 is 11.8 Å². The van der Waals surface area contributed by atoms with E-state index in [4.69, 9.17) is 4.74 Å². The average molecular weight is 428 g/mol. The number of carbonyl (C=O) groups excluding carboxylic acids is 2. The first-order chi connectivity index (χ1) is 14.7. The summed E-state index contributed by atoms with van der Waals surface area (Å²) in [7, 11) is 3.29. The quantitative estimate of drug-likeness (QED) is 0.762. The van der Waals surface area contributed by atoms with Gasteiger partial charge in [0.25, 0.3) is 11.8 Å². The Labute approximate surface area is 184 Å². The minimum atomic E-state index is -0.0587. The number of rotatable bonds is 6. The number of ether oxygens (including phenoxy) is 1. The van der Waals surface area contributed by atoms with Gasteiger partial charge in [-0.05, 0) is 23.1 Å². The maximum Gasteiger partial charge on any atom is 0.261 e. The summed E-state index contributed by atoms with van der Waals surface area (Å²) in [6.07, 6.45) is 1.69. The van der Waals surface area contributed by atoms with Crippen molar-refractivity contribution in [2.24, 2.45) is 7.05 Å². The molecule has 0 saturated carbocycles. The molecule has 2 aromatic rings. The van der Waals surface area contributed by atoms with Crippen molar-refractivity contribution < 1.29 is 14.3 Å². The molecule has 1 aliphatic rings. The van der Waals surface area contributed by atoms with Gasteiger partial charge >= 0.3 is 0 Å². The number of aromatic nitrogens is 2. The van der Waals surface area contributed by atoms with Crippen LogP contribution in [0.25, 0.3) is 0 Å². The Balaban J connectivity index is 1.43. The summed E-state index contributed by atoms with van der Waals surface area (Å²) in [5.74, 6) is 0.239. The fourth-order valence-corrected chi connectivity index (χ4v) is 3.66. The molecule has 3 rings (SSSR count). The van der Waals surface area contributed by atoms with Gasteiger partial charge in [0.15, 0.2) is 0 Å². The van der Waals surface area contributed by atoms with E-state index in [0.717, 1.165) is 19.6 Å². The third-order valence-electron chi connectivity index (χ3n) is 5.60. The van der Waals surface area contributed by atoms with Crippen LogP contribution in [0.4, 0.5) is 0 Å². The summed E-state index contributed by atoms with van der Waals surface area (Å²) in [5, 5.41) is 7.15. The van der Waals surface area contributed by atoms with Crippen LogP contribution in [0.1, 0.15) is 47.1 Å². The van der Waals surface area contributed by atoms with Crippen molar-refractivity contribution in [3.05, 3.63) is 47.2 Å². The Morgan fingerprint density at radius 3 is 2.32 bits per heavy atom. The molecule has 168 valence electrons. The Morgan fingerprint density at radius 2 is 1.74 bits per heavy atom. The zero-order valence-corrected chi connectivity index (χ0v) is 19.1. The van der Waals surface area contributed by atoms with E-state index in [9.17, 15) is 9.59 Å². The minimum Gasteiger partial charge on any atom is -0.479 e. The zero-order chi connectivity index (χ0) is 22.6. The molecule has 0 atom stereocenters. The fourth-order valence-electron chi connectivity index (χ4n) is 3.66. The lowest BCUT2D eigenvalue weighted by molar-refractivity contribution is 0.0634. The second-order valence-corrected chi connectivity index (χ2v) is 8.94. The number of aryl methyl sites for hydroxylation is 1. The third kappa shape index (κ3) is 5.64. The Bertz CT molecular complexity index is 906. The van der Waals surface area contributed by atoms with Crippen LogP contribution in [0.5, 0.6) is 5.88 Å². The van der Waals surface area contributed by atoms with Crippen LogP contribution >= 0.6 is 0 Å². The van der Waals surface area contributed by atoms with Crippen LogP contribution in [0.3, 0.4) is 0 Å². The standard InChI is InChI=1S/C23H33N5O3/c1-23(2,3)18-8-6-17(7-9-18)20(29)24-10-11-27-12-14-28(15-13-27)22(30)19-16-26(4)25-21(19)31-5/h6-9,16H,10-15H2,1-5H3,(H,24,29). The Hall–Kier alpha value is -2.87. The number of nitrogens with one attached hydrogen (secondary N) is 1. The minimum absolute atomic E-state index is 0.0575. The van der Waals surface area contributed by atoms with Crippen molar-refractivity contribution in [3.63, 3.8) is 0 Å². The highest BCUT2D eigenvalue weighted by Gasteiger charge is 2.26. The summed E-state index contributed by atoms with van der Waals surface area (Å²) < 4.78 is 6.79. The second kappa shape index (κ2) is 9.51. The molecule has 1 aliphatic heterocycles. The van der Waals surface area contributed by atoms with Crippen LogP contribution < -0.4 is 10.1 Å². The Kier molecular flexibility index (Phi) is 7.00. The molecule has 0 bridgehead atoms. The van der Waals surface area contributed by atoms with Gasteiger partial charge in [-0.2, -0.15) is 0 Å². The van der Waals surface area contributed by atoms with Crippen molar-refractivity contribution in [2.75, 3.05) is 46.4 Å². The molecule has 31 heavy (non-hydrogen) atoms. The number of benzene rings is 1. The average Bonchev–Trinajstić information content (AvgIpc) is 3.14. The Morgan fingerprint density at radius 1 is 1.10 bits per heavy atom. The second-order valence-electron chi connectivity index (χ2n) is 8.94. The highest BCUT2D eigenvalue weighted by molar-refractivity contribution is 5.96. The van der Waals surface area contributed by atoms with Gasteiger partial charge in [0.05, 0.1) is 7.11 Å². The molecule has 1 aromatic heterocycles. The SMILES string of the molecule is COc1nn(C)cc1C(=O)N1CCN(CCNC(=O)c2ccc(C(C)(C)C)cc2)CC1. The van der Waals surface area contributed by atoms with Gasteiger partial charge in [-0.1, -0.05) is 32.9 Å². The van der Waals surface area contributed by atoms with E-state index in [-0.39, 0.29) is 17.2 Å². The maximum atomic E-state index is 12.8. The smallest absolute Gasteiger partial charge is 0.261 e. The lowest BCUT2D eigenvalue weighted by Gasteiger charge is -2.34. The van der Waals surface area contributed by atoms with Gasteiger partial charge in [-0.15, -0.1) is 5.10 Å². The van der Waals surface area contributed by atoms with E-state index < -0.39 is 0 Å². The molecule has 0 unspecified atom stereocenters. The molecular weight excluding hydrogens is 394 g/mol. The molecule has 0 radical (unpaired) electrons. The molecule has 8 nitrogen and oxygen atoms in total. The van der Waals surface area contributed by atoms with Gasteiger partial charge in [-0.25, -0.2) is 0 Å². The summed E-state index contributed by atoms with van der Waals surface area (Å²) >= 11 is 0. The predicted molar refractivity (Wildman–Crippen MR) is 120 cm³/mol. The zero-order valence-electron chi connectivity index (χ0n) is 19.1. The van der Waals surface area contributed by atoms with Gasteiger partial charge in [0.1, 0.15) is 5.56 Å². The van der Waals surface area contributed by atoms with E-state index in [1.165, 1.54) is 12.7 Å². The number of carbonyl (C=O) groups is 2. The number of piperazine rings is 1. The molecule has 0 aliphatic carbocycles. The lowest BCUT2D eigenvalue weighted by atomic mass is 9.87. The summed E-state index contributed by atoms with van der Waals surface area (Å²) in [5.41, 5.74) is 2.44. The highest BCUT2D eigenvalue weighted by Crippen LogP contribution is 2.22. The molecule has 2 amide bonds. The summed E-state index contributed by atoms with van der Waals surface area (Å²) in [4.78, 5) is 29.3. The monoisotopic (exact) mass is 427 g/mol. The summed E-state index contributed by atoms with van der Waals surface area (Å²) in [6.45, 7) is 10.6. The van der Waals surface area contributed by atoms with E-state index in [1.807, 2.05) is 29.2 Å². The molecule has 2 heterocycles. The number of amides is 2. The van der Waals surface area contributed by atoms with Crippen LogP contribution in [0.15, 0.2) is 30.5 Å². The largest absolute Gasteiger partial charge is 0.479 e. The molecule has 8 heteroatoms. The topological polar surface area (TPSA) is 79.7 Å². The van der Waals surface area contributed by atoms with Crippen molar-refractivity contribution in [1.82, 2.24) is 24.9 Å². The van der Waals surface area contributed by atoms with Gasteiger partial charge in [0.2, 0.25) is 5.88 Å². The van der Waals surface area contributed by atoms with Crippen LogP contribution in [-0.4, -0.2) is 77.8 Å². The lowest BCUT2D eigenvalue weighted by Crippen LogP contribution is -2.50. The third-order valence-corrected chi connectivity index (χ3v) is 5.60. The summed E-state index contributed by atoms with van der Waals surface area (Å²) in [6, 6.07) is 7.80. The first-order valence-corrected chi connectivity index (χ1v) is 10.7. The normalized spacial score (nSPS) is 15.1. The molecule has 1 N–H and O–H groups in total. The molecule has 0 spiro atoms. The number of nitrogens with zero attached hydrogens (tertiary/aromatic N) is 4. The van der Waals surface area contributed by atoms with Gasteiger partial charge in [-0.3, -0.25) is 19.2 Å². The van der Waals surface area contributed by atoms with Crippen LogP contribution in [-0.2, 0) is 12.5 Å². The molecule has 1 aromatic carbocycles. The van der Waals surface area contributed by atoms with E-state index in [1.54, 1.807) is 17.9 Å². The van der Waals surface area contributed by atoms with Crippen LogP contribution in [0, 0.1) is 0 Å². The molecular formula is C23H33N5O3. The first-order valence-electron chi connectivity index (χ1n) is 10.7. The highest BCUT2D eigenvalue weighted by atomic mass is 16.5. The van der Waals surface area contributed by atoms with Crippen LogP contribution in [0.2, 0.25) is 0 Å². The van der Waals surface area contributed by atoms with Gasteiger partial charge in [0, 0.05) is 58.1 Å². The molecule has 1 saturated heterocycles. The van der Waals surface area contributed by atoms with E-state index >= 15 is 0 Å². The van der Waals surface area contributed by atoms with Crippen molar-refractivity contribution in [3.8, 4) is 5.88 Å². The van der Waals surface area contributed by atoms with Crippen molar-refractivity contribution in [2.45, 2.75) is 26.2 Å². The maximum absolute atomic E-state index is 12.8. The predicted octanol–water partition coefficient (Wildman–Crippen LogP) is 1.91. The van der Waals surface area contributed by atoms with Crippen molar-refractivity contribution in [1.29, 1.82) is 0 Å². The number of hydrogen-bond acceptors (Lipinski definition) is 5. The number of hydrogen-bond donors (Lipinski definition) is 1. The van der Waals surface area contributed by atoms with E-state index in [2.05, 4.69) is 36.1 Å². The number of methoxy groups -OCH3 is 1. The van der Waals surface area contributed by atoms with Gasteiger partial charge < -0.3 is 15.0 Å². The first kappa shape index (κ1) is 22.8.